The molecule has 0 aromatic rings. The van der Waals surface area contributed by atoms with Crippen molar-refractivity contribution >= 4 is 5.91 Å². The molecule has 0 heterocycles. The lowest BCUT2D eigenvalue weighted by Gasteiger charge is -2.12. The molecule has 0 aliphatic carbocycles. The van der Waals surface area contributed by atoms with Gasteiger partial charge in [0, 0.05) is 6.54 Å². The number of rotatable bonds is 5. The maximum Gasteiger partial charge on any atom is 0.236 e. The van der Waals surface area contributed by atoms with Crippen LogP contribution in [0.3, 0.4) is 0 Å². The van der Waals surface area contributed by atoms with Gasteiger partial charge < -0.3 is 11.1 Å². The van der Waals surface area contributed by atoms with Crippen molar-refractivity contribution < 1.29 is 4.79 Å². The molecule has 2 unspecified atom stereocenters. The molecule has 0 radical (unpaired) electrons. The number of nitrogens with one attached hydrogen (secondary N) is 1. The number of nitrogens with two attached hydrogens (primary N) is 1. The van der Waals surface area contributed by atoms with Gasteiger partial charge in [0.25, 0.3) is 0 Å². The van der Waals surface area contributed by atoms with Crippen molar-refractivity contribution in [3.05, 3.63) is 0 Å². The van der Waals surface area contributed by atoms with Crippen LogP contribution in [0.25, 0.3) is 0 Å². The van der Waals surface area contributed by atoms with E-state index in [0.29, 0.717) is 5.92 Å². The SMILES string of the molecule is CCCC(C)CNC(=O)C(C)N. The van der Waals surface area contributed by atoms with Crippen molar-refractivity contribution in [3.63, 3.8) is 0 Å². The minimum Gasteiger partial charge on any atom is -0.354 e. The summed E-state index contributed by atoms with van der Waals surface area (Å²) in [7, 11) is 0. The van der Waals surface area contributed by atoms with Crippen molar-refractivity contribution in [1.82, 2.24) is 5.32 Å². The highest BCUT2D eigenvalue weighted by Crippen LogP contribution is 2.02. The Morgan fingerprint density at radius 2 is 2.08 bits per heavy atom. The monoisotopic (exact) mass is 172 g/mol. The van der Waals surface area contributed by atoms with Crippen molar-refractivity contribution in [3.8, 4) is 0 Å². The minimum absolute atomic E-state index is 0.0575. The van der Waals surface area contributed by atoms with Crippen molar-refractivity contribution in [2.75, 3.05) is 6.54 Å². The fourth-order valence-electron chi connectivity index (χ4n) is 1.03. The number of carbonyl (C=O) groups is 1. The lowest BCUT2D eigenvalue weighted by Crippen LogP contribution is -2.40. The summed E-state index contributed by atoms with van der Waals surface area (Å²) in [5.41, 5.74) is 5.38. The average molecular weight is 172 g/mol. The second kappa shape index (κ2) is 6.00. The number of hydrogen-bond donors (Lipinski definition) is 2. The maximum atomic E-state index is 11.0. The van der Waals surface area contributed by atoms with Gasteiger partial charge in [0.15, 0.2) is 0 Å². The first-order valence-corrected chi connectivity index (χ1v) is 4.61. The van der Waals surface area contributed by atoms with Crippen molar-refractivity contribution in [2.45, 2.75) is 39.7 Å². The van der Waals surface area contributed by atoms with E-state index in [1.165, 1.54) is 0 Å². The largest absolute Gasteiger partial charge is 0.354 e. The Kier molecular flexibility index (Phi) is 5.72. The van der Waals surface area contributed by atoms with E-state index in [1.54, 1.807) is 6.92 Å². The zero-order valence-corrected chi connectivity index (χ0v) is 8.26. The molecule has 0 aliphatic heterocycles. The third-order valence-electron chi connectivity index (χ3n) is 1.82. The predicted octanol–water partition coefficient (Wildman–Crippen LogP) is 0.886. The van der Waals surface area contributed by atoms with E-state index in [-0.39, 0.29) is 11.9 Å². The minimum atomic E-state index is -0.390. The van der Waals surface area contributed by atoms with Gasteiger partial charge in [-0.2, -0.15) is 0 Å². The molecule has 72 valence electrons. The van der Waals surface area contributed by atoms with Crippen LogP contribution in [0.5, 0.6) is 0 Å². The fourth-order valence-corrected chi connectivity index (χ4v) is 1.03. The van der Waals surface area contributed by atoms with Gasteiger partial charge in [-0.3, -0.25) is 4.79 Å². The molecule has 3 nitrogen and oxygen atoms in total. The topological polar surface area (TPSA) is 55.1 Å². The van der Waals surface area contributed by atoms with Crippen LogP contribution < -0.4 is 11.1 Å². The Bertz CT molecular complexity index is 134. The van der Waals surface area contributed by atoms with Gasteiger partial charge in [-0.25, -0.2) is 0 Å². The number of hydrogen-bond acceptors (Lipinski definition) is 2. The lowest BCUT2D eigenvalue weighted by molar-refractivity contribution is -0.122. The van der Waals surface area contributed by atoms with Crippen molar-refractivity contribution in [2.24, 2.45) is 11.7 Å². The summed E-state index contributed by atoms with van der Waals surface area (Å²) in [6.07, 6.45) is 2.31. The van der Waals surface area contributed by atoms with Crippen LogP contribution in [0.4, 0.5) is 0 Å². The molecule has 2 atom stereocenters. The van der Waals surface area contributed by atoms with Crippen LogP contribution >= 0.6 is 0 Å². The third-order valence-corrected chi connectivity index (χ3v) is 1.82. The lowest BCUT2D eigenvalue weighted by atomic mass is 10.1. The average Bonchev–Trinajstić information content (AvgIpc) is 2.00. The van der Waals surface area contributed by atoms with E-state index in [9.17, 15) is 4.79 Å². The van der Waals surface area contributed by atoms with Crippen LogP contribution in [0.1, 0.15) is 33.6 Å². The van der Waals surface area contributed by atoms with E-state index >= 15 is 0 Å². The van der Waals surface area contributed by atoms with Crippen LogP contribution in [0, 0.1) is 5.92 Å². The van der Waals surface area contributed by atoms with Crippen LogP contribution in [0.15, 0.2) is 0 Å². The Morgan fingerprint density at radius 1 is 1.50 bits per heavy atom. The van der Waals surface area contributed by atoms with Gasteiger partial charge in [0.2, 0.25) is 5.91 Å². The molecule has 0 aromatic heterocycles. The standard InChI is InChI=1S/C9H20N2O/c1-4-5-7(2)6-11-9(12)8(3)10/h7-8H,4-6,10H2,1-3H3,(H,11,12). The summed E-state index contributed by atoms with van der Waals surface area (Å²) in [6, 6.07) is -0.390. The molecule has 12 heavy (non-hydrogen) atoms. The Hall–Kier alpha value is -0.570. The summed E-state index contributed by atoms with van der Waals surface area (Å²) in [4.78, 5) is 11.0. The molecule has 0 saturated carbocycles. The highest BCUT2D eigenvalue weighted by Gasteiger charge is 2.07. The van der Waals surface area contributed by atoms with Crippen LogP contribution in [0.2, 0.25) is 0 Å². The van der Waals surface area contributed by atoms with Crippen molar-refractivity contribution in [1.29, 1.82) is 0 Å². The number of carbonyl (C=O) groups excluding carboxylic acids is 1. The predicted molar refractivity (Wildman–Crippen MR) is 50.7 cm³/mol. The quantitative estimate of drug-likeness (QED) is 0.647. The summed E-state index contributed by atoms with van der Waals surface area (Å²) in [5.74, 6) is 0.496. The second-order valence-electron chi connectivity index (χ2n) is 3.43. The van der Waals surface area contributed by atoms with Gasteiger partial charge >= 0.3 is 0 Å². The summed E-state index contributed by atoms with van der Waals surface area (Å²) < 4.78 is 0. The summed E-state index contributed by atoms with van der Waals surface area (Å²) in [6.45, 7) is 6.71. The van der Waals surface area contributed by atoms with Gasteiger partial charge in [0.1, 0.15) is 0 Å². The first-order chi connectivity index (χ1) is 5.57. The first-order valence-electron chi connectivity index (χ1n) is 4.61. The van der Waals surface area contributed by atoms with Gasteiger partial charge in [-0.15, -0.1) is 0 Å². The Labute approximate surface area is 74.7 Å². The molecular weight excluding hydrogens is 152 g/mol. The molecule has 3 heteroatoms. The van der Waals surface area contributed by atoms with E-state index < -0.39 is 0 Å². The second-order valence-corrected chi connectivity index (χ2v) is 3.43. The molecule has 0 aliphatic rings. The molecule has 0 bridgehead atoms. The maximum absolute atomic E-state index is 11.0. The highest BCUT2D eigenvalue weighted by atomic mass is 16.2. The molecule has 3 N–H and O–H groups in total. The van der Waals surface area contributed by atoms with Crippen LogP contribution in [-0.4, -0.2) is 18.5 Å². The van der Waals surface area contributed by atoms with E-state index in [2.05, 4.69) is 19.2 Å². The number of amides is 1. The molecule has 0 spiro atoms. The van der Waals surface area contributed by atoms with Gasteiger partial charge in [-0.1, -0.05) is 20.3 Å². The third kappa shape index (κ3) is 5.13. The molecular formula is C9H20N2O. The molecule has 1 amide bonds. The van der Waals surface area contributed by atoms with E-state index in [4.69, 9.17) is 5.73 Å². The van der Waals surface area contributed by atoms with Gasteiger partial charge in [-0.05, 0) is 19.3 Å². The van der Waals surface area contributed by atoms with Gasteiger partial charge in [0.05, 0.1) is 6.04 Å². The summed E-state index contributed by atoms with van der Waals surface area (Å²) >= 11 is 0. The van der Waals surface area contributed by atoms with Crippen LogP contribution in [-0.2, 0) is 4.79 Å². The molecule has 0 rings (SSSR count). The fraction of sp³-hybridized carbons (Fsp3) is 0.889. The van der Waals surface area contributed by atoms with E-state index in [0.717, 1.165) is 19.4 Å². The Balaban J connectivity index is 3.47. The Morgan fingerprint density at radius 3 is 2.50 bits per heavy atom. The zero-order valence-electron chi connectivity index (χ0n) is 8.26. The summed E-state index contributed by atoms with van der Waals surface area (Å²) in [5, 5.41) is 2.80. The molecule has 0 fully saturated rings. The molecule has 0 aromatic carbocycles. The first kappa shape index (κ1) is 11.4. The van der Waals surface area contributed by atoms with E-state index in [1.807, 2.05) is 0 Å². The zero-order chi connectivity index (χ0) is 9.56. The smallest absolute Gasteiger partial charge is 0.236 e. The molecule has 0 saturated heterocycles. The highest BCUT2D eigenvalue weighted by molar-refractivity contribution is 5.80. The normalized spacial score (nSPS) is 15.3.